The lowest BCUT2D eigenvalue weighted by atomic mass is 9.70. The van der Waals surface area contributed by atoms with Gasteiger partial charge in [0.1, 0.15) is 12.7 Å². The van der Waals surface area contributed by atoms with Gasteiger partial charge >= 0.3 is 5.97 Å². The number of aliphatic hydroxyl groups excluding tert-OH is 1. The second-order valence-corrected chi connectivity index (χ2v) is 6.78. The highest BCUT2D eigenvalue weighted by atomic mass is 16.7. The largest absolute Gasteiger partial charge is 0.461 e. The van der Waals surface area contributed by atoms with Crippen molar-refractivity contribution in [3.05, 3.63) is 49.1 Å². The van der Waals surface area contributed by atoms with Crippen molar-refractivity contribution in [1.29, 1.82) is 0 Å². The van der Waals surface area contributed by atoms with E-state index in [0.29, 0.717) is 12.8 Å². The van der Waals surface area contributed by atoms with Crippen LogP contribution in [0.5, 0.6) is 0 Å². The van der Waals surface area contributed by atoms with Crippen LogP contribution in [0.25, 0.3) is 0 Å². The number of ketones is 1. The smallest absolute Gasteiger partial charge is 0.313 e. The Labute approximate surface area is 161 Å². The van der Waals surface area contributed by atoms with Crippen molar-refractivity contribution in [2.24, 2.45) is 11.3 Å². The van der Waals surface area contributed by atoms with E-state index >= 15 is 0 Å². The molecule has 0 radical (unpaired) electrons. The van der Waals surface area contributed by atoms with E-state index in [0.717, 1.165) is 5.57 Å². The SMILES string of the molecule is C=CCOC(=O)[C@H]([C@@H]1OC(OC)C=CC1=O)[C@@](C)(C=C)CC/C=C(\C)CO. The third-order valence-corrected chi connectivity index (χ3v) is 4.71. The summed E-state index contributed by atoms with van der Waals surface area (Å²) >= 11 is 0. The highest BCUT2D eigenvalue weighted by Gasteiger charge is 2.47. The molecule has 0 bridgehead atoms. The summed E-state index contributed by atoms with van der Waals surface area (Å²) in [5, 5.41) is 9.15. The second kappa shape index (κ2) is 11.0. The molecule has 0 aliphatic carbocycles. The molecule has 4 atom stereocenters. The summed E-state index contributed by atoms with van der Waals surface area (Å²) < 4.78 is 16.1. The molecule has 0 aromatic rings. The Bertz CT molecular complexity index is 606. The Balaban J connectivity index is 3.19. The Kier molecular flexibility index (Phi) is 9.35. The molecule has 1 unspecified atom stereocenters. The first kappa shape index (κ1) is 23.0. The van der Waals surface area contributed by atoms with Crippen molar-refractivity contribution in [2.45, 2.75) is 39.1 Å². The summed E-state index contributed by atoms with van der Waals surface area (Å²) in [6.45, 7) is 11.1. The minimum Gasteiger partial charge on any atom is -0.461 e. The Morgan fingerprint density at radius 3 is 2.74 bits per heavy atom. The lowest BCUT2D eigenvalue weighted by Crippen LogP contribution is -2.49. The summed E-state index contributed by atoms with van der Waals surface area (Å²) in [5.41, 5.74) is 0.0634. The number of allylic oxidation sites excluding steroid dienone is 2. The molecule has 0 saturated heterocycles. The van der Waals surface area contributed by atoms with E-state index < -0.39 is 29.7 Å². The van der Waals surface area contributed by atoms with Crippen molar-refractivity contribution in [2.75, 3.05) is 20.3 Å². The molecule has 0 aromatic carbocycles. The number of carbonyl (C=O) groups is 2. The van der Waals surface area contributed by atoms with E-state index in [1.165, 1.54) is 25.3 Å². The molecule has 1 N–H and O–H groups in total. The molecule has 1 aliphatic heterocycles. The lowest BCUT2D eigenvalue weighted by molar-refractivity contribution is -0.184. The third kappa shape index (κ3) is 6.27. The molecular formula is C21H30O6. The normalized spacial score (nSPS) is 23.4. The third-order valence-electron chi connectivity index (χ3n) is 4.71. The second-order valence-electron chi connectivity index (χ2n) is 6.78. The first-order valence-corrected chi connectivity index (χ1v) is 8.90. The van der Waals surface area contributed by atoms with Crippen LogP contribution >= 0.6 is 0 Å². The standard InChI is InChI=1S/C21H30O6/c1-6-13-26-20(24)18(19-16(23)10-11-17(25-5)27-19)21(4,7-2)12-8-9-15(3)14-22/h6-7,9-11,17-19,22H,1-2,8,12-14H2,3-5H3/b15-9+/t17?,18-,19+,21-/m0/s1. The predicted molar refractivity (Wildman–Crippen MR) is 103 cm³/mol. The van der Waals surface area contributed by atoms with Gasteiger partial charge in [-0.25, -0.2) is 0 Å². The van der Waals surface area contributed by atoms with E-state index in [4.69, 9.17) is 19.3 Å². The van der Waals surface area contributed by atoms with Crippen LogP contribution in [0.1, 0.15) is 26.7 Å². The molecule has 0 saturated carbocycles. The number of methoxy groups -OCH3 is 1. The van der Waals surface area contributed by atoms with E-state index in [9.17, 15) is 9.59 Å². The van der Waals surface area contributed by atoms with Crippen molar-refractivity contribution in [3.8, 4) is 0 Å². The fraction of sp³-hybridized carbons (Fsp3) is 0.524. The maximum absolute atomic E-state index is 12.8. The average Bonchev–Trinajstić information content (AvgIpc) is 2.67. The zero-order valence-corrected chi connectivity index (χ0v) is 16.3. The van der Waals surface area contributed by atoms with Gasteiger partial charge in [-0.3, -0.25) is 9.59 Å². The van der Waals surface area contributed by atoms with Gasteiger partial charge in [-0.15, -0.1) is 6.58 Å². The molecule has 1 rings (SSSR count). The molecule has 1 aliphatic rings. The van der Waals surface area contributed by atoms with Gasteiger partial charge in [-0.05, 0) is 31.9 Å². The zero-order valence-electron chi connectivity index (χ0n) is 16.3. The van der Waals surface area contributed by atoms with Gasteiger partial charge in [-0.2, -0.15) is 0 Å². The highest BCUT2D eigenvalue weighted by Crippen LogP contribution is 2.40. The number of hydrogen-bond acceptors (Lipinski definition) is 6. The van der Waals surface area contributed by atoms with Crippen LogP contribution in [-0.4, -0.2) is 49.6 Å². The number of carbonyl (C=O) groups excluding carboxylic acids is 2. The van der Waals surface area contributed by atoms with Crippen LogP contribution in [0.4, 0.5) is 0 Å². The molecule has 0 amide bonds. The minimum absolute atomic E-state index is 0.0276. The van der Waals surface area contributed by atoms with Gasteiger partial charge in [0, 0.05) is 12.5 Å². The average molecular weight is 378 g/mol. The molecule has 6 heteroatoms. The van der Waals surface area contributed by atoms with Gasteiger partial charge < -0.3 is 19.3 Å². The quantitative estimate of drug-likeness (QED) is 0.440. The van der Waals surface area contributed by atoms with Crippen LogP contribution < -0.4 is 0 Å². The van der Waals surface area contributed by atoms with Crippen LogP contribution in [0.15, 0.2) is 49.1 Å². The fourth-order valence-electron chi connectivity index (χ4n) is 2.95. The molecule has 0 aromatic heterocycles. The molecule has 27 heavy (non-hydrogen) atoms. The first-order chi connectivity index (χ1) is 12.8. The van der Waals surface area contributed by atoms with Gasteiger partial charge in [-0.1, -0.05) is 37.3 Å². The van der Waals surface area contributed by atoms with Gasteiger partial charge in [0.15, 0.2) is 12.1 Å². The summed E-state index contributed by atoms with van der Waals surface area (Å²) in [7, 11) is 1.46. The van der Waals surface area contributed by atoms with Crippen molar-refractivity contribution in [3.63, 3.8) is 0 Å². The monoisotopic (exact) mass is 378 g/mol. The van der Waals surface area contributed by atoms with E-state index in [2.05, 4.69) is 13.2 Å². The van der Waals surface area contributed by atoms with Crippen molar-refractivity contribution < 1.29 is 28.9 Å². The fourth-order valence-corrected chi connectivity index (χ4v) is 2.95. The minimum atomic E-state index is -1.04. The Morgan fingerprint density at radius 2 is 2.19 bits per heavy atom. The Hall–Kier alpha value is -2.02. The van der Waals surface area contributed by atoms with Crippen LogP contribution in [0.3, 0.4) is 0 Å². The molecule has 0 fully saturated rings. The van der Waals surface area contributed by atoms with Crippen molar-refractivity contribution in [1.82, 2.24) is 0 Å². The molecular weight excluding hydrogens is 348 g/mol. The summed E-state index contributed by atoms with van der Waals surface area (Å²) in [6.07, 6.45) is 7.27. The van der Waals surface area contributed by atoms with Crippen molar-refractivity contribution >= 4 is 11.8 Å². The molecule has 1 heterocycles. The summed E-state index contributed by atoms with van der Waals surface area (Å²) in [5.74, 6) is -1.77. The zero-order chi connectivity index (χ0) is 20.4. The number of esters is 1. The van der Waals surface area contributed by atoms with Gasteiger partial charge in [0.2, 0.25) is 0 Å². The maximum atomic E-state index is 12.8. The number of rotatable bonds is 11. The van der Waals surface area contributed by atoms with Crippen LogP contribution in [0, 0.1) is 11.3 Å². The first-order valence-electron chi connectivity index (χ1n) is 8.90. The molecule has 6 nitrogen and oxygen atoms in total. The topological polar surface area (TPSA) is 82.1 Å². The number of hydrogen-bond donors (Lipinski definition) is 1. The van der Waals surface area contributed by atoms with E-state index in [-0.39, 0.29) is 19.0 Å². The lowest BCUT2D eigenvalue weighted by Gasteiger charge is -2.39. The van der Waals surface area contributed by atoms with Crippen LogP contribution in [0.2, 0.25) is 0 Å². The maximum Gasteiger partial charge on any atom is 0.313 e. The number of ether oxygens (including phenoxy) is 3. The van der Waals surface area contributed by atoms with E-state index in [1.807, 2.05) is 19.9 Å². The van der Waals surface area contributed by atoms with E-state index in [1.54, 1.807) is 6.08 Å². The predicted octanol–water partition coefficient (Wildman–Crippen LogP) is 2.74. The Morgan fingerprint density at radius 1 is 1.48 bits per heavy atom. The van der Waals surface area contributed by atoms with Crippen LogP contribution in [-0.2, 0) is 23.8 Å². The molecule has 0 spiro atoms. The highest BCUT2D eigenvalue weighted by molar-refractivity contribution is 5.97. The van der Waals surface area contributed by atoms with Gasteiger partial charge in [0.05, 0.1) is 12.5 Å². The summed E-state index contributed by atoms with van der Waals surface area (Å²) in [4.78, 5) is 25.3. The van der Waals surface area contributed by atoms with Gasteiger partial charge in [0.25, 0.3) is 0 Å². The number of aliphatic hydroxyl groups is 1. The molecule has 150 valence electrons. The summed E-state index contributed by atoms with van der Waals surface area (Å²) in [6, 6.07) is 0.